The van der Waals surface area contributed by atoms with E-state index in [0.717, 1.165) is 37.5 Å². The number of benzene rings is 1. The van der Waals surface area contributed by atoms with Crippen molar-refractivity contribution in [1.82, 2.24) is 0 Å². The highest BCUT2D eigenvalue weighted by atomic mass is 16.1. The third kappa shape index (κ3) is 5.73. The molecule has 1 aromatic rings. The first-order valence-corrected chi connectivity index (χ1v) is 6.01. The maximum Gasteiger partial charge on any atom is 0.158 e. The van der Waals surface area contributed by atoms with Crippen molar-refractivity contribution in [3.8, 4) is 24.2 Å². The molecule has 0 saturated carbocycles. The van der Waals surface area contributed by atoms with Crippen LogP contribution >= 0.6 is 0 Å². The molecule has 0 fully saturated rings. The van der Waals surface area contributed by atoms with Gasteiger partial charge in [0.05, 0.1) is 5.57 Å². The van der Waals surface area contributed by atoms with Crippen LogP contribution in [-0.2, 0) is 4.79 Å². The molecule has 0 aliphatic heterocycles. The van der Waals surface area contributed by atoms with Gasteiger partial charge < -0.3 is 0 Å². The van der Waals surface area contributed by atoms with Gasteiger partial charge in [-0.05, 0) is 24.5 Å². The van der Waals surface area contributed by atoms with Gasteiger partial charge in [0.1, 0.15) is 0 Å². The minimum Gasteiger partial charge on any atom is -0.297 e. The number of carbonyl (C=O) groups excluding carboxylic acids is 1. The van der Waals surface area contributed by atoms with E-state index in [2.05, 4.69) is 17.8 Å². The molecule has 1 aromatic carbocycles. The number of rotatable bonds is 5. The molecule has 0 radical (unpaired) electrons. The highest BCUT2D eigenvalue weighted by Gasteiger charge is 1.90. The average Bonchev–Trinajstić information content (AvgIpc) is 2.42. The molecule has 0 N–H and O–H groups in total. The second-order valence-corrected chi connectivity index (χ2v) is 3.84. The van der Waals surface area contributed by atoms with Crippen LogP contribution in [0.1, 0.15) is 31.2 Å². The van der Waals surface area contributed by atoms with Crippen molar-refractivity contribution in [3.05, 3.63) is 41.5 Å². The Hall–Kier alpha value is -2.25. The highest BCUT2D eigenvalue weighted by Crippen LogP contribution is 2.04. The summed E-state index contributed by atoms with van der Waals surface area (Å²) < 4.78 is 0. The molecule has 1 rings (SSSR count). The van der Waals surface area contributed by atoms with Crippen LogP contribution in [0.15, 0.2) is 35.9 Å². The second-order valence-electron chi connectivity index (χ2n) is 3.84. The van der Waals surface area contributed by atoms with E-state index in [-0.39, 0.29) is 0 Å². The first-order valence-electron chi connectivity index (χ1n) is 6.01. The van der Waals surface area contributed by atoms with Crippen LogP contribution in [0.2, 0.25) is 0 Å². The van der Waals surface area contributed by atoms with Crippen molar-refractivity contribution in [3.63, 3.8) is 0 Å². The number of terminal acetylenes is 1. The molecule has 0 aliphatic rings. The zero-order valence-corrected chi connectivity index (χ0v) is 10.4. The fraction of sp³-hybridized carbons (Fsp3) is 0.235. The zero-order chi connectivity index (χ0) is 13.1. The van der Waals surface area contributed by atoms with Crippen LogP contribution in [0, 0.1) is 24.2 Å². The Bertz CT molecular complexity index is 492. The lowest BCUT2D eigenvalue weighted by molar-refractivity contribution is -0.104. The molecule has 18 heavy (non-hydrogen) atoms. The summed E-state index contributed by atoms with van der Waals surface area (Å²) in [6, 6.07) is 9.69. The van der Waals surface area contributed by atoms with Crippen LogP contribution in [0.3, 0.4) is 0 Å². The van der Waals surface area contributed by atoms with Crippen molar-refractivity contribution in [2.24, 2.45) is 0 Å². The number of unbranched alkanes of at least 4 members (excludes halogenated alkanes) is 3. The van der Waals surface area contributed by atoms with Crippen molar-refractivity contribution < 1.29 is 4.79 Å². The lowest BCUT2D eigenvalue weighted by Gasteiger charge is -1.92. The van der Waals surface area contributed by atoms with E-state index in [9.17, 15) is 4.79 Å². The standard InChI is InChI=1S/C17H16O/c1-2-3-4-5-6-8-13-17(15-18)14-16-11-9-7-10-12-16/h1,7,9-12,14-15H,3-6H2. The van der Waals surface area contributed by atoms with E-state index < -0.39 is 0 Å². The maximum absolute atomic E-state index is 10.9. The Morgan fingerprint density at radius 3 is 2.56 bits per heavy atom. The summed E-state index contributed by atoms with van der Waals surface area (Å²) in [5.41, 5.74) is 1.50. The number of hydrogen-bond donors (Lipinski definition) is 0. The smallest absolute Gasteiger partial charge is 0.158 e. The van der Waals surface area contributed by atoms with Gasteiger partial charge in [0, 0.05) is 12.8 Å². The second kappa shape index (κ2) is 8.85. The van der Waals surface area contributed by atoms with Gasteiger partial charge in [0.25, 0.3) is 0 Å². The van der Waals surface area contributed by atoms with Gasteiger partial charge in [-0.2, -0.15) is 0 Å². The minimum atomic E-state index is 0.512. The molecule has 90 valence electrons. The Labute approximate surface area is 109 Å². The quantitative estimate of drug-likeness (QED) is 0.331. The van der Waals surface area contributed by atoms with E-state index in [1.54, 1.807) is 6.08 Å². The molecule has 0 saturated heterocycles. The minimum absolute atomic E-state index is 0.512. The summed E-state index contributed by atoms with van der Waals surface area (Å²) in [5.74, 6) is 8.48. The SMILES string of the molecule is C#CCCCCC#CC(C=O)=Cc1ccccc1. The summed E-state index contributed by atoms with van der Waals surface area (Å²) in [7, 11) is 0. The van der Waals surface area contributed by atoms with Crippen LogP contribution < -0.4 is 0 Å². The van der Waals surface area contributed by atoms with Gasteiger partial charge in [-0.3, -0.25) is 4.79 Å². The van der Waals surface area contributed by atoms with E-state index in [4.69, 9.17) is 6.42 Å². The fourth-order valence-corrected chi connectivity index (χ4v) is 1.43. The summed E-state index contributed by atoms with van der Waals surface area (Å²) in [6.07, 6.45) is 11.3. The van der Waals surface area contributed by atoms with Crippen molar-refractivity contribution >= 4 is 12.4 Å². The largest absolute Gasteiger partial charge is 0.297 e. The monoisotopic (exact) mass is 236 g/mol. The Morgan fingerprint density at radius 2 is 1.89 bits per heavy atom. The molecule has 1 nitrogen and oxygen atoms in total. The summed E-state index contributed by atoms with van der Waals surface area (Å²) in [6.45, 7) is 0. The van der Waals surface area contributed by atoms with Crippen molar-refractivity contribution in [2.75, 3.05) is 0 Å². The van der Waals surface area contributed by atoms with E-state index >= 15 is 0 Å². The highest BCUT2D eigenvalue weighted by molar-refractivity contribution is 5.87. The predicted molar refractivity (Wildman–Crippen MR) is 75.6 cm³/mol. The zero-order valence-electron chi connectivity index (χ0n) is 10.4. The lowest BCUT2D eigenvalue weighted by atomic mass is 10.1. The van der Waals surface area contributed by atoms with Crippen LogP contribution in [0.25, 0.3) is 6.08 Å². The third-order valence-corrected chi connectivity index (χ3v) is 2.35. The van der Waals surface area contributed by atoms with Crippen molar-refractivity contribution in [1.29, 1.82) is 0 Å². The number of aldehydes is 1. The van der Waals surface area contributed by atoms with Gasteiger partial charge in [0.2, 0.25) is 0 Å². The first-order chi connectivity index (χ1) is 8.86. The average molecular weight is 236 g/mol. The Kier molecular flexibility index (Phi) is 6.79. The van der Waals surface area contributed by atoms with Crippen LogP contribution in [0.5, 0.6) is 0 Å². The maximum atomic E-state index is 10.9. The summed E-state index contributed by atoms with van der Waals surface area (Å²) in [5, 5.41) is 0. The molecule has 1 heteroatoms. The summed E-state index contributed by atoms with van der Waals surface area (Å²) in [4.78, 5) is 10.9. The van der Waals surface area contributed by atoms with E-state index in [1.165, 1.54) is 0 Å². The molecule has 0 atom stereocenters. The van der Waals surface area contributed by atoms with Gasteiger partial charge >= 0.3 is 0 Å². The van der Waals surface area contributed by atoms with Gasteiger partial charge in [-0.15, -0.1) is 12.3 Å². The molecule has 0 heterocycles. The predicted octanol–water partition coefficient (Wildman–Crippen LogP) is 3.47. The molecule has 0 bridgehead atoms. The first kappa shape index (κ1) is 13.8. The molecule has 0 amide bonds. The van der Waals surface area contributed by atoms with Crippen LogP contribution in [0.4, 0.5) is 0 Å². The summed E-state index contributed by atoms with van der Waals surface area (Å²) >= 11 is 0. The molecular formula is C17H16O. The number of allylic oxidation sites excluding steroid dienone is 1. The molecule has 0 aliphatic carbocycles. The Morgan fingerprint density at radius 1 is 1.17 bits per heavy atom. The number of hydrogen-bond acceptors (Lipinski definition) is 1. The molecule has 0 aromatic heterocycles. The lowest BCUT2D eigenvalue weighted by Crippen LogP contribution is -1.81. The van der Waals surface area contributed by atoms with Gasteiger partial charge in [-0.25, -0.2) is 0 Å². The van der Waals surface area contributed by atoms with Crippen LogP contribution in [-0.4, -0.2) is 6.29 Å². The number of carbonyl (C=O) groups is 1. The van der Waals surface area contributed by atoms with E-state index in [1.807, 2.05) is 30.3 Å². The fourth-order valence-electron chi connectivity index (χ4n) is 1.43. The molecule has 0 unspecified atom stereocenters. The molecular weight excluding hydrogens is 220 g/mol. The topological polar surface area (TPSA) is 17.1 Å². The van der Waals surface area contributed by atoms with Crippen molar-refractivity contribution in [2.45, 2.75) is 25.7 Å². The Balaban J connectivity index is 2.53. The van der Waals surface area contributed by atoms with Gasteiger partial charge in [0.15, 0.2) is 6.29 Å². The third-order valence-electron chi connectivity index (χ3n) is 2.35. The molecule has 0 spiro atoms. The normalized spacial score (nSPS) is 10.1. The van der Waals surface area contributed by atoms with E-state index in [0.29, 0.717) is 5.57 Å². The van der Waals surface area contributed by atoms with Gasteiger partial charge in [-0.1, -0.05) is 42.2 Å².